The first-order valence-corrected chi connectivity index (χ1v) is 7.49. The van der Waals surface area contributed by atoms with Crippen LogP contribution in [-0.2, 0) is 5.41 Å². The van der Waals surface area contributed by atoms with Gasteiger partial charge in [0.2, 0.25) is 4.96 Å². The van der Waals surface area contributed by atoms with Crippen molar-refractivity contribution in [2.45, 2.75) is 36.6 Å². The van der Waals surface area contributed by atoms with E-state index in [0.29, 0.717) is 5.75 Å². The molecule has 2 aromatic heterocycles. The number of aromatic nitrogens is 3. The SMILES string of the molecule is CC(C)(C)c1cn2nc(SCC(O)CO)sc2n1. The zero-order chi connectivity index (χ0) is 13.3. The Balaban J connectivity index is 2.12. The number of imidazole rings is 1. The minimum absolute atomic E-state index is 0.0216. The second-order valence-electron chi connectivity index (χ2n) is 5.12. The fraction of sp³-hybridized carbons (Fsp3) is 0.636. The van der Waals surface area contributed by atoms with E-state index in [1.165, 1.54) is 23.1 Å². The lowest BCUT2D eigenvalue weighted by Gasteiger charge is -2.13. The van der Waals surface area contributed by atoms with Crippen molar-refractivity contribution in [1.29, 1.82) is 0 Å². The Morgan fingerprint density at radius 3 is 2.78 bits per heavy atom. The molecular formula is C11H17N3O2S2. The summed E-state index contributed by atoms with van der Waals surface area (Å²) in [5.74, 6) is 0.444. The minimum atomic E-state index is -0.698. The molecule has 0 amide bonds. The van der Waals surface area contributed by atoms with Gasteiger partial charge in [0.05, 0.1) is 24.6 Å². The lowest BCUT2D eigenvalue weighted by atomic mass is 9.93. The number of hydrogen-bond acceptors (Lipinski definition) is 6. The molecule has 0 fully saturated rings. The van der Waals surface area contributed by atoms with E-state index >= 15 is 0 Å². The Morgan fingerprint density at radius 2 is 2.22 bits per heavy atom. The van der Waals surface area contributed by atoms with E-state index in [-0.39, 0.29) is 12.0 Å². The van der Waals surface area contributed by atoms with Gasteiger partial charge in [0.25, 0.3) is 0 Å². The summed E-state index contributed by atoms with van der Waals surface area (Å²) in [6, 6.07) is 0. The third kappa shape index (κ3) is 3.03. The van der Waals surface area contributed by atoms with Crippen molar-refractivity contribution in [2.75, 3.05) is 12.4 Å². The van der Waals surface area contributed by atoms with E-state index in [4.69, 9.17) is 5.11 Å². The predicted octanol–water partition coefficient (Wildman–Crippen LogP) is 1.53. The zero-order valence-corrected chi connectivity index (χ0v) is 12.3. The van der Waals surface area contributed by atoms with Gasteiger partial charge < -0.3 is 10.2 Å². The van der Waals surface area contributed by atoms with Gasteiger partial charge in [-0.3, -0.25) is 0 Å². The first-order valence-electron chi connectivity index (χ1n) is 5.68. The quantitative estimate of drug-likeness (QED) is 0.835. The van der Waals surface area contributed by atoms with E-state index < -0.39 is 6.10 Å². The fourth-order valence-electron chi connectivity index (χ4n) is 1.32. The molecule has 0 aliphatic carbocycles. The molecule has 0 bridgehead atoms. The van der Waals surface area contributed by atoms with Gasteiger partial charge in [-0.1, -0.05) is 43.9 Å². The van der Waals surface area contributed by atoms with Crippen LogP contribution in [0.1, 0.15) is 26.5 Å². The Labute approximate surface area is 114 Å². The number of aliphatic hydroxyl groups excluding tert-OH is 2. The minimum Gasteiger partial charge on any atom is -0.394 e. The van der Waals surface area contributed by atoms with Crippen LogP contribution in [0.25, 0.3) is 4.96 Å². The summed E-state index contributed by atoms with van der Waals surface area (Å²) in [4.78, 5) is 5.41. The van der Waals surface area contributed by atoms with Crippen LogP contribution >= 0.6 is 23.1 Å². The smallest absolute Gasteiger partial charge is 0.213 e. The fourth-order valence-corrected chi connectivity index (χ4v) is 3.19. The van der Waals surface area contributed by atoms with Gasteiger partial charge in [-0.05, 0) is 0 Å². The Morgan fingerprint density at radius 1 is 1.50 bits per heavy atom. The highest BCUT2D eigenvalue weighted by Crippen LogP contribution is 2.28. The molecule has 18 heavy (non-hydrogen) atoms. The predicted molar refractivity (Wildman–Crippen MR) is 73.4 cm³/mol. The average Bonchev–Trinajstić information content (AvgIpc) is 2.82. The number of rotatable bonds is 4. The van der Waals surface area contributed by atoms with Crippen molar-refractivity contribution in [3.8, 4) is 0 Å². The molecule has 0 spiro atoms. The van der Waals surface area contributed by atoms with Crippen molar-refractivity contribution in [3.05, 3.63) is 11.9 Å². The second kappa shape index (κ2) is 5.16. The van der Waals surface area contributed by atoms with Gasteiger partial charge in [0.1, 0.15) is 0 Å². The molecule has 0 aliphatic heterocycles. The number of hydrogen-bond donors (Lipinski definition) is 2. The lowest BCUT2D eigenvalue weighted by molar-refractivity contribution is 0.113. The molecule has 5 nitrogen and oxygen atoms in total. The van der Waals surface area contributed by atoms with Crippen LogP contribution in [0.3, 0.4) is 0 Å². The highest BCUT2D eigenvalue weighted by Gasteiger charge is 2.19. The molecule has 1 atom stereocenters. The van der Waals surface area contributed by atoms with Gasteiger partial charge in [-0.15, -0.1) is 5.10 Å². The number of nitrogens with zero attached hydrogens (tertiary/aromatic N) is 3. The van der Waals surface area contributed by atoms with Gasteiger partial charge in [0.15, 0.2) is 4.34 Å². The van der Waals surface area contributed by atoms with Crippen molar-refractivity contribution < 1.29 is 10.2 Å². The Bertz CT molecular complexity index is 498. The standard InChI is InChI=1S/C11H17N3O2S2/c1-11(2,3)8-4-14-9(12-8)18-10(13-14)17-6-7(16)5-15/h4,7,15-16H,5-6H2,1-3H3. The van der Waals surface area contributed by atoms with E-state index in [1.807, 2.05) is 6.20 Å². The first kappa shape index (κ1) is 13.8. The van der Waals surface area contributed by atoms with Crippen molar-refractivity contribution in [3.63, 3.8) is 0 Å². The maximum atomic E-state index is 9.28. The van der Waals surface area contributed by atoms with Crippen LogP contribution in [0.2, 0.25) is 0 Å². The van der Waals surface area contributed by atoms with E-state index in [9.17, 15) is 5.11 Å². The zero-order valence-electron chi connectivity index (χ0n) is 10.6. The summed E-state index contributed by atoms with van der Waals surface area (Å²) < 4.78 is 2.63. The van der Waals surface area contributed by atoms with Crippen LogP contribution in [0.5, 0.6) is 0 Å². The summed E-state index contributed by atoms with van der Waals surface area (Å²) in [5, 5.41) is 22.4. The molecule has 100 valence electrons. The van der Waals surface area contributed by atoms with E-state index in [1.54, 1.807) is 4.52 Å². The van der Waals surface area contributed by atoms with E-state index in [2.05, 4.69) is 30.9 Å². The molecular weight excluding hydrogens is 270 g/mol. The van der Waals surface area contributed by atoms with Crippen molar-refractivity contribution in [1.82, 2.24) is 14.6 Å². The molecule has 2 heterocycles. The average molecular weight is 287 g/mol. The molecule has 0 radical (unpaired) electrons. The lowest BCUT2D eigenvalue weighted by Crippen LogP contribution is -2.14. The first-order chi connectivity index (χ1) is 8.40. The van der Waals surface area contributed by atoms with Crippen LogP contribution in [0.15, 0.2) is 10.5 Å². The summed E-state index contributed by atoms with van der Waals surface area (Å²) in [6.45, 7) is 6.13. The molecule has 7 heteroatoms. The van der Waals surface area contributed by atoms with Gasteiger partial charge in [-0.2, -0.15) is 0 Å². The third-order valence-corrected chi connectivity index (χ3v) is 4.60. The van der Waals surface area contributed by atoms with Crippen LogP contribution in [-0.4, -0.2) is 43.3 Å². The maximum absolute atomic E-state index is 9.28. The van der Waals surface area contributed by atoms with E-state index in [0.717, 1.165) is 15.0 Å². The third-order valence-electron chi connectivity index (χ3n) is 2.40. The molecule has 0 saturated carbocycles. The summed E-state index contributed by atoms with van der Waals surface area (Å²) in [6.07, 6.45) is 1.25. The Kier molecular flexibility index (Phi) is 3.96. The molecule has 1 unspecified atom stereocenters. The molecule has 0 aromatic carbocycles. The normalized spacial score (nSPS) is 14.3. The molecule has 2 rings (SSSR count). The molecule has 2 aromatic rings. The number of aliphatic hydroxyl groups is 2. The topological polar surface area (TPSA) is 70.7 Å². The Hall–Kier alpha value is -0.630. The molecule has 2 N–H and O–H groups in total. The number of fused-ring (bicyclic) bond motifs is 1. The van der Waals surface area contributed by atoms with Crippen LogP contribution in [0, 0.1) is 0 Å². The number of thioether (sulfide) groups is 1. The van der Waals surface area contributed by atoms with Gasteiger partial charge in [0, 0.05) is 11.2 Å². The van der Waals surface area contributed by atoms with Crippen molar-refractivity contribution >= 4 is 28.1 Å². The summed E-state index contributed by atoms with van der Waals surface area (Å²) in [7, 11) is 0. The van der Waals surface area contributed by atoms with Gasteiger partial charge >= 0.3 is 0 Å². The summed E-state index contributed by atoms with van der Waals surface area (Å²) >= 11 is 2.93. The highest BCUT2D eigenvalue weighted by molar-refractivity contribution is 8.01. The van der Waals surface area contributed by atoms with Crippen LogP contribution in [0.4, 0.5) is 0 Å². The van der Waals surface area contributed by atoms with Crippen LogP contribution < -0.4 is 0 Å². The largest absolute Gasteiger partial charge is 0.394 e. The maximum Gasteiger partial charge on any atom is 0.213 e. The summed E-state index contributed by atoms with van der Waals surface area (Å²) in [5.41, 5.74) is 1.04. The monoisotopic (exact) mass is 287 g/mol. The molecule has 0 saturated heterocycles. The van der Waals surface area contributed by atoms with Gasteiger partial charge in [-0.25, -0.2) is 9.50 Å². The second-order valence-corrected chi connectivity index (χ2v) is 7.34. The molecule has 0 aliphatic rings. The highest BCUT2D eigenvalue weighted by atomic mass is 32.2. The van der Waals surface area contributed by atoms with Crippen molar-refractivity contribution in [2.24, 2.45) is 0 Å².